The molecule has 0 spiro atoms. The van der Waals surface area contributed by atoms with Gasteiger partial charge in [-0.05, 0) is 36.8 Å². The van der Waals surface area contributed by atoms with Gasteiger partial charge in [0.05, 0.1) is 6.04 Å². The Morgan fingerprint density at radius 2 is 2.31 bits per heavy atom. The molecule has 0 aliphatic heterocycles. The Morgan fingerprint density at radius 3 is 2.85 bits per heavy atom. The zero-order chi connectivity index (χ0) is 9.84. The first kappa shape index (κ1) is 9.92. The fourth-order valence-corrected chi connectivity index (χ4v) is 1.25. The average molecular weight is 198 g/mol. The van der Waals surface area contributed by atoms with Crippen LogP contribution in [0.4, 0.5) is 4.39 Å². The molecule has 13 heavy (non-hydrogen) atoms. The minimum Gasteiger partial charge on any atom is -0.376 e. The van der Waals surface area contributed by atoms with Crippen molar-refractivity contribution in [3.05, 3.63) is 35.6 Å². The minimum atomic E-state index is -0.255. The summed E-state index contributed by atoms with van der Waals surface area (Å²) in [5.41, 5.74) is 6.12. The van der Waals surface area contributed by atoms with Gasteiger partial charge in [0.2, 0.25) is 0 Å². The molecule has 0 bridgehead atoms. The Bertz CT molecular complexity index is 314. The predicted molar refractivity (Wildman–Crippen MR) is 54.7 cm³/mol. The van der Waals surface area contributed by atoms with Gasteiger partial charge < -0.3 is 11.1 Å². The minimum absolute atomic E-state index is 0.0619. The van der Waals surface area contributed by atoms with Crippen LogP contribution in [-0.2, 0) is 0 Å². The average Bonchev–Trinajstić information content (AvgIpc) is 2.03. The van der Waals surface area contributed by atoms with Gasteiger partial charge in [0.15, 0.2) is 5.11 Å². The number of halogens is 1. The highest BCUT2D eigenvalue weighted by Gasteiger charge is 2.05. The quantitative estimate of drug-likeness (QED) is 0.711. The number of nitrogens with one attached hydrogen (secondary N) is 1. The van der Waals surface area contributed by atoms with Crippen LogP contribution in [-0.4, -0.2) is 5.11 Å². The lowest BCUT2D eigenvalue weighted by molar-refractivity contribution is 0.618. The van der Waals surface area contributed by atoms with Crippen LogP contribution in [0.1, 0.15) is 18.5 Å². The van der Waals surface area contributed by atoms with Crippen molar-refractivity contribution in [2.75, 3.05) is 0 Å². The summed E-state index contributed by atoms with van der Waals surface area (Å²) in [4.78, 5) is 0. The van der Waals surface area contributed by atoms with Crippen LogP contribution in [0.2, 0.25) is 0 Å². The van der Waals surface area contributed by atoms with Gasteiger partial charge in [0, 0.05) is 0 Å². The highest BCUT2D eigenvalue weighted by molar-refractivity contribution is 7.80. The second-order valence-electron chi connectivity index (χ2n) is 2.79. The third-order valence-corrected chi connectivity index (χ3v) is 1.83. The van der Waals surface area contributed by atoms with Crippen molar-refractivity contribution in [2.45, 2.75) is 13.0 Å². The van der Waals surface area contributed by atoms with Crippen LogP contribution >= 0.6 is 12.2 Å². The maximum absolute atomic E-state index is 12.8. The molecule has 1 atom stereocenters. The molecule has 1 aromatic rings. The summed E-state index contributed by atoms with van der Waals surface area (Å²) in [6.45, 7) is 1.87. The largest absolute Gasteiger partial charge is 0.376 e. The van der Waals surface area contributed by atoms with E-state index in [1.54, 1.807) is 6.07 Å². The molecule has 0 amide bonds. The summed E-state index contributed by atoms with van der Waals surface area (Å²) < 4.78 is 12.8. The van der Waals surface area contributed by atoms with Gasteiger partial charge in [-0.15, -0.1) is 0 Å². The lowest BCUT2D eigenvalue weighted by Gasteiger charge is -2.13. The Balaban J connectivity index is 2.76. The molecule has 1 aromatic carbocycles. The lowest BCUT2D eigenvalue weighted by atomic mass is 10.1. The highest BCUT2D eigenvalue weighted by atomic mass is 32.1. The molecule has 0 saturated heterocycles. The molecule has 1 rings (SSSR count). The van der Waals surface area contributed by atoms with E-state index < -0.39 is 0 Å². The van der Waals surface area contributed by atoms with Crippen LogP contribution in [0.5, 0.6) is 0 Å². The van der Waals surface area contributed by atoms with Crippen molar-refractivity contribution < 1.29 is 4.39 Å². The van der Waals surface area contributed by atoms with Gasteiger partial charge in [0.25, 0.3) is 0 Å². The van der Waals surface area contributed by atoms with Crippen LogP contribution in [0.3, 0.4) is 0 Å². The molecule has 0 aromatic heterocycles. The molecule has 0 aliphatic rings. The second-order valence-corrected chi connectivity index (χ2v) is 3.23. The zero-order valence-electron chi connectivity index (χ0n) is 7.25. The zero-order valence-corrected chi connectivity index (χ0v) is 8.07. The van der Waals surface area contributed by atoms with E-state index in [1.165, 1.54) is 12.1 Å². The summed E-state index contributed by atoms with van der Waals surface area (Å²) in [7, 11) is 0. The Kier molecular flexibility index (Phi) is 3.19. The number of thiocarbonyl (C=S) groups is 1. The number of rotatable bonds is 2. The number of hydrogen-bond donors (Lipinski definition) is 2. The first-order valence-electron chi connectivity index (χ1n) is 3.91. The van der Waals surface area contributed by atoms with Crippen LogP contribution < -0.4 is 11.1 Å². The molecule has 1 unspecified atom stereocenters. The van der Waals surface area contributed by atoms with E-state index in [2.05, 4.69) is 17.5 Å². The molecule has 70 valence electrons. The van der Waals surface area contributed by atoms with E-state index in [0.29, 0.717) is 0 Å². The molecule has 0 saturated carbocycles. The van der Waals surface area contributed by atoms with Gasteiger partial charge in [-0.2, -0.15) is 0 Å². The number of nitrogens with two attached hydrogens (primary N) is 1. The van der Waals surface area contributed by atoms with Crippen molar-refractivity contribution in [1.82, 2.24) is 5.32 Å². The van der Waals surface area contributed by atoms with Gasteiger partial charge in [-0.25, -0.2) is 4.39 Å². The standard InChI is InChI=1S/C9H11FN2S/c1-6(12-9(11)13)7-3-2-4-8(10)5-7/h2-6H,1H3,(H3,11,12,13). The number of hydrogen-bond acceptors (Lipinski definition) is 1. The smallest absolute Gasteiger partial charge is 0.164 e. The SMILES string of the molecule is CC(NC(N)=S)c1cccc(F)c1. The van der Waals surface area contributed by atoms with E-state index in [-0.39, 0.29) is 17.0 Å². The maximum atomic E-state index is 12.8. The first-order valence-corrected chi connectivity index (χ1v) is 4.32. The van der Waals surface area contributed by atoms with E-state index in [1.807, 2.05) is 13.0 Å². The van der Waals surface area contributed by atoms with Gasteiger partial charge >= 0.3 is 0 Å². The predicted octanol–water partition coefficient (Wildman–Crippen LogP) is 1.72. The molecule has 3 N–H and O–H groups in total. The van der Waals surface area contributed by atoms with Gasteiger partial charge in [0.1, 0.15) is 5.82 Å². The number of benzene rings is 1. The van der Waals surface area contributed by atoms with Crippen LogP contribution in [0, 0.1) is 5.82 Å². The Labute approximate surface area is 81.9 Å². The Morgan fingerprint density at radius 1 is 1.62 bits per heavy atom. The normalized spacial score (nSPS) is 12.2. The first-order chi connectivity index (χ1) is 6.09. The molecule has 4 heteroatoms. The maximum Gasteiger partial charge on any atom is 0.164 e. The highest BCUT2D eigenvalue weighted by Crippen LogP contribution is 2.12. The topological polar surface area (TPSA) is 38.0 Å². The van der Waals surface area contributed by atoms with Crippen LogP contribution in [0.15, 0.2) is 24.3 Å². The molecule has 0 radical (unpaired) electrons. The molecule has 0 aliphatic carbocycles. The summed E-state index contributed by atoms with van der Waals surface area (Å²) in [5.74, 6) is -0.255. The van der Waals surface area contributed by atoms with Gasteiger partial charge in [-0.3, -0.25) is 0 Å². The van der Waals surface area contributed by atoms with Gasteiger partial charge in [-0.1, -0.05) is 12.1 Å². The van der Waals surface area contributed by atoms with Crippen LogP contribution in [0.25, 0.3) is 0 Å². The summed E-state index contributed by atoms with van der Waals surface area (Å²) in [6.07, 6.45) is 0. The van der Waals surface area contributed by atoms with E-state index >= 15 is 0 Å². The van der Waals surface area contributed by atoms with E-state index in [0.717, 1.165) is 5.56 Å². The third-order valence-electron chi connectivity index (χ3n) is 1.71. The fourth-order valence-electron chi connectivity index (χ4n) is 1.07. The van der Waals surface area contributed by atoms with Crippen molar-refractivity contribution >= 4 is 17.3 Å². The molecule has 0 heterocycles. The summed E-state index contributed by atoms with van der Waals surface area (Å²) >= 11 is 4.68. The summed E-state index contributed by atoms with van der Waals surface area (Å²) in [5, 5.41) is 3.05. The fraction of sp³-hybridized carbons (Fsp3) is 0.222. The molecule has 2 nitrogen and oxygen atoms in total. The van der Waals surface area contributed by atoms with E-state index in [4.69, 9.17) is 5.73 Å². The van der Waals surface area contributed by atoms with Crippen molar-refractivity contribution in [2.24, 2.45) is 5.73 Å². The monoisotopic (exact) mass is 198 g/mol. The molecular formula is C9H11FN2S. The van der Waals surface area contributed by atoms with Crippen molar-refractivity contribution in [3.8, 4) is 0 Å². The van der Waals surface area contributed by atoms with E-state index in [9.17, 15) is 4.39 Å². The molecular weight excluding hydrogens is 187 g/mol. The summed E-state index contributed by atoms with van der Waals surface area (Å²) in [6, 6.07) is 6.27. The van der Waals surface area contributed by atoms with Crippen molar-refractivity contribution in [1.29, 1.82) is 0 Å². The Hall–Kier alpha value is -1.16. The molecule has 0 fully saturated rings. The second kappa shape index (κ2) is 4.18. The van der Waals surface area contributed by atoms with Crippen molar-refractivity contribution in [3.63, 3.8) is 0 Å². The lowest BCUT2D eigenvalue weighted by Crippen LogP contribution is -2.31. The third kappa shape index (κ3) is 2.99.